The summed E-state index contributed by atoms with van der Waals surface area (Å²) in [5.41, 5.74) is 1.27. The first kappa shape index (κ1) is 11.4. The number of nitrogens with zero attached hydrogens (tertiary/aromatic N) is 2. The summed E-state index contributed by atoms with van der Waals surface area (Å²) < 4.78 is 0. The average molecular weight is 219 g/mol. The highest BCUT2D eigenvalue weighted by molar-refractivity contribution is 5.38. The fourth-order valence-corrected chi connectivity index (χ4v) is 1.75. The third-order valence-corrected chi connectivity index (χ3v) is 3.70. The van der Waals surface area contributed by atoms with Crippen LogP contribution in [0.5, 0.6) is 0 Å². The van der Waals surface area contributed by atoms with Gasteiger partial charge in [0.1, 0.15) is 12.1 Å². The van der Waals surface area contributed by atoms with Crippen LogP contribution in [0.4, 0.5) is 5.82 Å². The standard InChI is InChI=1S/C13H21N3/c1-4-13(2,3)11-8-12(15-9-14-11)16-10-6-5-7-10/h8-10H,4-7H2,1-3H3,(H,14,15,16). The van der Waals surface area contributed by atoms with E-state index in [1.165, 1.54) is 19.3 Å². The maximum atomic E-state index is 4.38. The molecule has 0 aromatic carbocycles. The molecule has 1 aromatic rings. The molecule has 1 N–H and O–H groups in total. The van der Waals surface area contributed by atoms with E-state index in [0.717, 1.165) is 17.9 Å². The van der Waals surface area contributed by atoms with Crippen molar-refractivity contribution >= 4 is 5.82 Å². The van der Waals surface area contributed by atoms with Crippen molar-refractivity contribution in [1.29, 1.82) is 0 Å². The van der Waals surface area contributed by atoms with Crippen molar-refractivity contribution in [3.63, 3.8) is 0 Å². The zero-order chi connectivity index (χ0) is 11.6. The average Bonchev–Trinajstić information content (AvgIpc) is 2.24. The summed E-state index contributed by atoms with van der Waals surface area (Å²) in [4.78, 5) is 8.67. The van der Waals surface area contributed by atoms with Crippen molar-refractivity contribution in [2.75, 3.05) is 5.32 Å². The Morgan fingerprint density at radius 3 is 2.69 bits per heavy atom. The van der Waals surface area contributed by atoms with Crippen molar-refractivity contribution in [3.8, 4) is 0 Å². The quantitative estimate of drug-likeness (QED) is 0.845. The van der Waals surface area contributed by atoms with Crippen LogP contribution in [0.25, 0.3) is 0 Å². The van der Waals surface area contributed by atoms with Gasteiger partial charge >= 0.3 is 0 Å². The van der Waals surface area contributed by atoms with Gasteiger partial charge in [0.15, 0.2) is 0 Å². The maximum absolute atomic E-state index is 4.38. The van der Waals surface area contributed by atoms with Gasteiger partial charge in [-0.2, -0.15) is 0 Å². The molecule has 0 amide bonds. The molecule has 3 heteroatoms. The van der Waals surface area contributed by atoms with Crippen molar-refractivity contribution in [2.45, 2.75) is 57.9 Å². The molecule has 0 bridgehead atoms. The van der Waals surface area contributed by atoms with E-state index in [4.69, 9.17) is 0 Å². The van der Waals surface area contributed by atoms with E-state index in [2.05, 4.69) is 42.1 Å². The van der Waals surface area contributed by atoms with Gasteiger partial charge in [-0.3, -0.25) is 0 Å². The smallest absolute Gasteiger partial charge is 0.129 e. The SMILES string of the molecule is CCC(C)(C)c1cc(NC2CCC2)ncn1. The van der Waals surface area contributed by atoms with Gasteiger partial charge in [0.2, 0.25) is 0 Å². The number of hydrogen-bond donors (Lipinski definition) is 1. The van der Waals surface area contributed by atoms with Gasteiger partial charge in [0, 0.05) is 17.5 Å². The van der Waals surface area contributed by atoms with Crippen molar-refractivity contribution in [3.05, 3.63) is 18.1 Å². The van der Waals surface area contributed by atoms with Crippen LogP contribution in [-0.4, -0.2) is 16.0 Å². The fraction of sp³-hybridized carbons (Fsp3) is 0.692. The first-order valence-electron chi connectivity index (χ1n) is 6.21. The van der Waals surface area contributed by atoms with E-state index >= 15 is 0 Å². The van der Waals surface area contributed by atoms with Gasteiger partial charge < -0.3 is 5.32 Å². The first-order valence-corrected chi connectivity index (χ1v) is 6.21. The summed E-state index contributed by atoms with van der Waals surface area (Å²) in [6, 6.07) is 2.73. The molecule has 1 heterocycles. The Morgan fingerprint density at radius 2 is 2.12 bits per heavy atom. The lowest BCUT2D eigenvalue weighted by Crippen LogP contribution is -2.28. The maximum Gasteiger partial charge on any atom is 0.129 e. The van der Waals surface area contributed by atoms with Crippen LogP contribution in [-0.2, 0) is 5.41 Å². The van der Waals surface area contributed by atoms with Crippen molar-refractivity contribution in [2.24, 2.45) is 0 Å². The molecule has 0 aliphatic heterocycles. The second kappa shape index (κ2) is 4.40. The summed E-state index contributed by atoms with van der Waals surface area (Å²) in [6.45, 7) is 6.64. The lowest BCUT2D eigenvalue weighted by atomic mass is 9.86. The molecular weight excluding hydrogens is 198 g/mol. The molecule has 0 atom stereocenters. The van der Waals surface area contributed by atoms with Gasteiger partial charge in [-0.05, 0) is 25.7 Å². The number of anilines is 1. The monoisotopic (exact) mass is 219 g/mol. The molecular formula is C13H21N3. The Hall–Kier alpha value is -1.12. The van der Waals surface area contributed by atoms with Crippen LogP contribution in [0.2, 0.25) is 0 Å². The van der Waals surface area contributed by atoms with Gasteiger partial charge in [0.05, 0.1) is 5.69 Å². The van der Waals surface area contributed by atoms with Crippen molar-refractivity contribution in [1.82, 2.24) is 9.97 Å². The highest BCUT2D eigenvalue weighted by Gasteiger charge is 2.22. The van der Waals surface area contributed by atoms with E-state index in [1.54, 1.807) is 6.33 Å². The molecule has 3 nitrogen and oxygen atoms in total. The first-order chi connectivity index (χ1) is 7.62. The van der Waals surface area contributed by atoms with Gasteiger partial charge in [0.25, 0.3) is 0 Å². The molecule has 1 saturated carbocycles. The lowest BCUT2D eigenvalue weighted by Gasteiger charge is -2.28. The third-order valence-electron chi connectivity index (χ3n) is 3.70. The van der Waals surface area contributed by atoms with Gasteiger partial charge in [-0.1, -0.05) is 20.8 Å². The van der Waals surface area contributed by atoms with E-state index in [0.29, 0.717) is 6.04 Å². The Bertz CT molecular complexity index is 356. The van der Waals surface area contributed by atoms with Gasteiger partial charge in [-0.15, -0.1) is 0 Å². The number of nitrogens with one attached hydrogen (secondary N) is 1. The third kappa shape index (κ3) is 2.34. The Kier molecular flexibility index (Phi) is 3.13. The lowest BCUT2D eigenvalue weighted by molar-refractivity contribution is 0.443. The Balaban J connectivity index is 2.12. The zero-order valence-electron chi connectivity index (χ0n) is 10.5. The predicted octanol–water partition coefficient (Wildman–Crippen LogP) is 3.13. The molecule has 0 radical (unpaired) electrons. The molecule has 0 unspecified atom stereocenters. The second-order valence-corrected chi connectivity index (χ2v) is 5.30. The minimum Gasteiger partial charge on any atom is -0.367 e. The molecule has 1 fully saturated rings. The summed E-state index contributed by atoms with van der Waals surface area (Å²) in [7, 11) is 0. The molecule has 2 rings (SSSR count). The van der Waals surface area contributed by atoms with Crippen LogP contribution in [0.1, 0.15) is 52.1 Å². The predicted molar refractivity (Wildman–Crippen MR) is 66.6 cm³/mol. The normalized spacial score (nSPS) is 16.9. The van der Waals surface area contributed by atoms with E-state index in [1.807, 2.05) is 0 Å². The van der Waals surface area contributed by atoms with E-state index < -0.39 is 0 Å². The molecule has 0 spiro atoms. The molecule has 1 aliphatic carbocycles. The molecule has 0 saturated heterocycles. The van der Waals surface area contributed by atoms with E-state index in [9.17, 15) is 0 Å². The van der Waals surface area contributed by atoms with E-state index in [-0.39, 0.29) is 5.41 Å². The topological polar surface area (TPSA) is 37.8 Å². The molecule has 1 aromatic heterocycles. The Labute approximate surface area is 97.7 Å². The van der Waals surface area contributed by atoms with Gasteiger partial charge in [-0.25, -0.2) is 9.97 Å². The summed E-state index contributed by atoms with van der Waals surface area (Å²) >= 11 is 0. The summed E-state index contributed by atoms with van der Waals surface area (Å²) in [5.74, 6) is 0.983. The second-order valence-electron chi connectivity index (χ2n) is 5.30. The highest BCUT2D eigenvalue weighted by Crippen LogP contribution is 2.27. The molecule has 16 heavy (non-hydrogen) atoms. The highest BCUT2D eigenvalue weighted by atomic mass is 15.0. The number of rotatable bonds is 4. The zero-order valence-corrected chi connectivity index (χ0v) is 10.5. The summed E-state index contributed by atoms with van der Waals surface area (Å²) in [5, 5.41) is 3.46. The number of hydrogen-bond acceptors (Lipinski definition) is 3. The van der Waals surface area contributed by atoms with Crippen LogP contribution in [0.3, 0.4) is 0 Å². The fourth-order valence-electron chi connectivity index (χ4n) is 1.75. The largest absolute Gasteiger partial charge is 0.367 e. The van der Waals surface area contributed by atoms with Crippen LogP contribution < -0.4 is 5.32 Å². The Morgan fingerprint density at radius 1 is 1.38 bits per heavy atom. The van der Waals surface area contributed by atoms with Crippen LogP contribution in [0.15, 0.2) is 12.4 Å². The molecule has 1 aliphatic rings. The van der Waals surface area contributed by atoms with Crippen LogP contribution in [0, 0.1) is 0 Å². The minimum atomic E-state index is 0.138. The van der Waals surface area contributed by atoms with Crippen molar-refractivity contribution < 1.29 is 0 Å². The minimum absolute atomic E-state index is 0.138. The molecule has 88 valence electrons. The number of aromatic nitrogens is 2. The summed E-state index contributed by atoms with van der Waals surface area (Å²) in [6.07, 6.45) is 6.66. The van der Waals surface area contributed by atoms with Crippen LogP contribution >= 0.6 is 0 Å².